The number of imide groups is 1. The van der Waals surface area contributed by atoms with Crippen LogP contribution in [0.3, 0.4) is 0 Å². The molecule has 1 unspecified atom stereocenters. The lowest BCUT2D eigenvalue weighted by Crippen LogP contribution is -2.73. The Balaban J connectivity index is 1.74. The summed E-state index contributed by atoms with van der Waals surface area (Å²) in [6.07, 6.45) is -4.29. The Morgan fingerprint density at radius 3 is 2.58 bits per heavy atom. The summed E-state index contributed by atoms with van der Waals surface area (Å²) in [5.74, 6) is -0.417. The van der Waals surface area contributed by atoms with E-state index in [0.717, 1.165) is 5.56 Å². The van der Waals surface area contributed by atoms with Crippen LogP contribution in [0, 0.1) is 6.92 Å². The average Bonchev–Trinajstić information content (AvgIpc) is 2.99. The molecule has 1 aromatic carbocycles. The number of nitrogens with one attached hydrogen (secondary N) is 2. The van der Waals surface area contributed by atoms with Crippen molar-refractivity contribution in [1.29, 1.82) is 0 Å². The number of benzene rings is 1. The Kier molecular flexibility index (Phi) is 5.68. The Bertz CT molecular complexity index is 971. The molecule has 33 heavy (non-hydrogen) atoms. The molecule has 3 fully saturated rings. The van der Waals surface area contributed by atoms with Gasteiger partial charge in [0.25, 0.3) is 5.91 Å². The minimum Gasteiger partial charge on any atom is -0.508 e. The van der Waals surface area contributed by atoms with Crippen molar-refractivity contribution in [3.05, 3.63) is 29.3 Å². The molecule has 0 aromatic heterocycles. The van der Waals surface area contributed by atoms with Gasteiger partial charge >= 0.3 is 12.2 Å². The molecule has 3 aliphatic rings. The van der Waals surface area contributed by atoms with Gasteiger partial charge in [0.1, 0.15) is 11.3 Å². The van der Waals surface area contributed by atoms with Gasteiger partial charge in [-0.2, -0.15) is 13.2 Å². The van der Waals surface area contributed by atoms with Gasteiger partial charge in [-0.15, -0.1) is 0 Å². The van der Waals surface area contributed by atoms with Gasteiger partial charge in [0.05, 0.1) is 5.60 Å². The molecule has 3 amide bonds. The second-order valence-electron chi connectivity index (χ2n) is 9.85. The van der Waals surface area contributed by atoms with Crippen LogP contribution in [0.15, 0.2) is 18.2 Å². The predicted octanol–water partition coefficient (Wildman–Crippen LogP) is 2.87. The number of urea groups is 1. The van der Waals surface area contributed by atoms with Gasteiger partial charge in [-0.1, -0.05) is 6.07 Å². The number of carbonyl (C=O) groups is 2. The Hall–Kier alpha value is -2.33. The highest BCUT2D eigenvalue weighted by Crippen LogP contribution is 2.57. The average molecular weight is 470 g/mol. The lowest BCUT2D eigenvalue weighted by atomic mass is 9.49. The summed E-state index contributed by atoms with van der Waals surface area (Å²) in [7, 11) is 0. The molecule has 2 saturated heterocycles. The number of amides is 3. The van der Waals surface area contributed by atoms with Crippen molar-refractivity contribution in [1.82, 2.24) is 15.5 Å². The van der Waals surface area contributed by atoms with E-state index >= 15 is 0 Å². The number of piperidine rings is 1. The highest BCUT2D eigenvalue weighted by atomic mass is 19.4. The van der Waals surface area contributed by atoms with E-state index < -0.39 is 47.1 Å². The number of likely N-dealkylation sites (tertiary alicyclic amines) is 1. The smallest absolute Gasteiger partial charge is 0.389 e. The van der Waals surface area contributed by atoms with E-state index in [1.165, 1.54) is 0 Å². The number of phenolic OH excluding ortho intramolecular Hbond substituents is 1. The zero-order chi connectivity index (χ0) is 24.2. The second-order valence-corrected chi connectivity index (χ2v) is 9.85. The van der Waals surface area contributed by atoms with E-state index in [0.29, 0.717) is 18.5 Å². The highest BCUT2D eigenvalue weighted by molar-refractivity contribution is 6.07. The fourth-order valence-corrected chi connectivity index (χ4v) is 6.35. The summed E-state index contributed by atoms with van der Waals surface area (Å²) in [6.45, 7) is 4.28. The first kappa shape index (κ1) is 23.8. The Morgan fingerprint density at radius 2 is 1.94 bits per heavy atom. The predicted molar refractivity (Wildman–Crippen MR) is 114 cm³/mol. The second kappa shape index (κ2) is 7.87. The molecular weight excluding hydrogens is 439 g/mol. The molecule has 1 saturated carbocycles. The number of phenols is 1. The van der Waals surface area contributed by atoms with E-state index in [4.69, 9.17) is 0 Å². The van der Waals surface area contributed by atoms with Crippen molar-refractivity contribution in [3.8, 4) is 5.75 Å². The topological polar surface area (TPSA) is 102 Å². The maximum absolute atomic E-state index is 12.8. The zero-order valence-electron chi connectivity index (χ0n) is 18.8. The number of alkyl halides is 3. The lowest BCUT2D eigenvalue weighted by molar-refractivity contribution is -0.172. The van der Waals surface area contributed by atoms with E-state index in [1.54, 1.807) is 18.2 Å². The van der Waals surface area contributed by atoms with Crippen LogP contribution in [0.1, 0.15) is 56.6 Å². The molecular formula is C23H30F3N3O4. The first-order valence-corrected chi connectivity index (χ1v) is 11.3. The molecule has 182 valence electrons. The van der Waals surface area contributed by atoms with Crippen molar-refractivity contribution in [2.24, 2.45) is 0 Å². The van der Waals surface area contributed by atoms with E-state index in [-0.39, 0.29) is 38.0 Å². The third kappa shape index (κ3) is 3.86. The number of rotatable bonds is 4. The van der Waals surface area contributed by atoms with Gasteiger partial charge in [-0.3, -0.25) is 15.0 Å². The summed E-state index contributed by atoms with van der Waals surface area (Å²) >= 11 is 0. The number of fused-ring (bicyclic) bond motifs is 1. The third-order valence-corrected chi connectivity index (χ3v) is 8.09. The molecule has 0 bridgehead atoms. The number of aromatic hydroxyl groups is 1. The molecule has 0 radical (unpaired) electrons. The molecule has 4 atom stereocenters. The molecule has 4 N–H and O–H groups in total. The number of nitrogens with zero attached hydrogens (tertiary/aromatic N) is 1. The van der Waals surface area contributed by atoms with Crippen LogP contribution in [0.5, 0.6) is 5.75 Å². The molecule has 10 heteroatoms. The van der Waals surface area contributed by atoms with Crippen LogP contribution in [0.2, 0.25) is 0 Å². The van der Waals surface area contributed by atoms with Crippen molar-refractivity contribution in [2.45, 2.75) is 81.1 Å². The fourth-order valence-electron chi connectivity index (χ4n) is 6.35. The van der Waals surface area contributed by atoms with Crippen LogP contribution < -0.4 is 10.6 Å². The van der Waals surface area contributed by atoms with Gasteiger partial charge in [-0.05, 0) is 82.3 Å². The molecule has 1 spiro atoms. The first-order valence-electron chi connectivity index (χ1n) is 11.3. The van der Waals surface area contributed by atoms with Crippen molar-refractivity contribution in [2.75, 3.05) is 13.1 Å². The maximum Gasteiger partial charge on any atom is 0.389 e. The van der Waals surface area contributed by atoms with Crippen LogP contribution >= 0.6 is 0 Å². The molecule has 2 aliphatic heterocycles. The van der Waals surface area contributed by atoms with Crippen LogP contribution in [-0.2, 0) is 10.2 Å². The number of hydrogen-bond acceptors (Lipinski definition) is 5. The number of aryl methyl sites for hydroxylation is 1. The first-order chi connectivity index (χ1) is 15.3. The Morgan fingerprint density at radius 1 is 1.21 bits per heavy atom. The monoisotopic (exact) mass is 469 g/mol. The SMILES string of the molecule is Cc1ccc(O)cc1[C@]12CCN(CCCC(F)(F)F)C(C)[C@]1(O)CC[C@@]1(C2)NC(=O)NC1=O. The van der Waals surface area contributed by atoms with Crippen molar-refractivity contribution in [3.63, 3.8) is 0 Å². The largest absolute Gasteiger partial charge is 0.508 e. The number of aliphatic hydroxyl groups is 1. The summed E-state index contributed by atoms with van der Waals surface area (Å²) in [5.41, 5.74) is -2.02. The number of carbonyl (C=O) groups excluding carboxylic acids is 2. The summed E-state index contributed by atoms with van der Waals surface area (Å²) in [6, 6.07) is 3.83. The van der Waals surface area contributed by atoms with Gasteiger partial charge in [-0.25, -0.2) is 4.79 Å². The lowest BCUT2D eigenvalue weighted by Gasteiger charge is -2.62. The summed E-state index contributed by atoms with van der Waals surface area (Å²) in [4.78, 5) is 26.7. The minimum absolute atomic E-state index is 0.0205. The standard InChI is InChI=1S/C23H30F3N3O4/c1-14-4-5-16(30)12-17(14)20-9-11-29(10-3-6-23(24,25)26)15(2)22(20,33)8-7-21(13-20)18(31)27-19(32)28-21/h4-5,12,15,30,33H,3,6-11,13H2,1-2H3,(H2,27,28,31,32)/t15?,20-,21+,22-/m1/s1. The quantitative estimate of drug-likeness (QED) is 0.508. The normalized spacial score (nSPS) is 34.8. The van der Waals surface area contributed by atoms with Crippen molar-refractivity contribution < 1.29 is 33.0 Å². The Labute approximate surface area is 190 Å². The van der Waals surface area contributed by atoms with Crippen LogP contribution in [0.4, 0.5) is 18.0 Å². The minimum atomic E-state index is -4.23. The van der Waals surface area contributed by atoms with Gasteiger partial charge in [0, 0.05) is 17.9 Å². The third-order valence-electron chi connectivity index (χ3n) is 8.09. The van der Waals surface area contributed by atoms with Gasteiger partial charge < -0.3 is 15.5 Å². The van der Waals surface area contributed by atoms with E-state index in [1.807, 2.05) is 18.7 Å². The van der Waals surface area contributed by atoms with Crippen LogP contribution in [0.25, 0.3) is 0 Å². The molecule has 4 rings (SSSR count). The molecule has 7 nitrogen and oxygen atoms in total. The zero-order valence-corrected chi connectivity index (χ0v) is 18.8. The highest BCUT2D eigenvalue weighted by Gasteiger charge is 2.67. The van der Waals surface area contributed by atoms with E-state index in [2.05, 4.69) is 10.6 Å². The van der Waals surface area contributed by atoms with Crippen molar-refractivity contribution >= 4 is 11.9 Å². The molecule has 1 aliphatic carbocycles. The molecule has 2 heterocycles. The number of halogens is 3. The van der Waals surface area contributed by atoms with Crippen LogP contribution in [-0.4, -0.2) is 63.5 Å². The van der Waals surface area contributed by atoms with Gasteiger partial charge in [0.15, 0.2) is 0 Å². The summed E-state index contributed by atoms with van der Waals surface area (Å²) < 4.78 is 38.1. The van der Waals surface area contributed by atoms with E-state index in [9.17, 15) is 33.0 Å². The fraction of sp³-hybridized carbons (Fsp3) is 0.652. The molecule has 1 aromatic rings. The summed E-state index contributed by atoms with van der Waals surface area (Å²) in [5, 5.41) is 27.5. The van der Waals surface area contributed by atoms with Gasteiger partial charge in [0.2, 0.25) is 0 Å². The number of hydrogen-bond donors (Lipinski definition) is 4. The maximum atomic E-state index is 12.8.